The van der Waals surface area contributed by atoms with Crippen molar-refractivity contribution in [3.8, 4) is 0 Å². The number of nitrogens with two attached hydrogens (primary N) is 1. The van der Waals surface area contributed by atoms with Crippen LogP contribution in [0.25, 0.3) is 0 Å². The van der Waals surface area contributed by atoms with Crippen molar-refractivity contribution in [3.63, 3.8) is 0 Å². The molecule has 0 spiro atoms. The number of hydrogen-bond donors (Lipinski definition) is 2. The highest BCUT2D eigenvalue weighted by atomic mass is 16.3. The maximum absolute atomic E-state index is 12.0. The van der Waals surface area contributed by atoms with Crippen LogP contribution < -0.4 is 5.73 Å². The number of amides is 1. The molecule has 1 amide bonds. The summed E-state index contributed by atoms with van der Waals surface area (Å²) in [5.74, 6) is 0.166. The molecule has 1 aliphatic carbocycles. The van der Waals surface area contributed by atoms with Gasteiger partial charge in [0.05, 0.1) is 11.5 Å². The van der Waals surface area contributed by atoms with Crippen molar-refractivity contribution < 1.29 is 9.90 Å². The van der Waals surface area contributed by atoms with Crippen LogP contribution in [0.5, 0.6) is 0 Å². The monoisotopic (exact) mass is 198 g/mol. The van der Waals surface area contributed by atoms with Gasteiger partial charge in [0.15, 0.2) is 0 Å². The summed E-state index contributed by atoms with van der Waals surface area (Å²) < 4.78 is 0. The second kappa shape index (κ2) is 3.51. The Bertz CT molecular complexity index is 238. The third kappa shape index (κ3) is 1.64. The number of carbonyl (C=O) groups excluding carboxylic acids is 1. The van der Waals surface area contributed by atoms with Gasteiger partial charge in [0, 0.05) is 19.6 Å². The summed E-state index contributed by atoms with van der Waals surface area (Å²) in [6.07, 6.45) is 3.25. The Morgan fingerprint density at radius 1 is 1.57 bits per heavy atom. The molecule has 4 heteroatoms. The Morgan fingerprint density at radius 2 is 2.29 bits per heavy atom. The van der Waals surface area contributed by atoms with Gasteiger partial charge in [-0.05, 0) is 25.7 Å². The number of rotatable bonds is 2. The van der Waals surface area contributed by atoms with Gasteiger partial charge < -0.3 is 15.7 Å². The zero-order valence-electron chi connectivity index (χ0n) is 8.41. The Kier molecular flexibility index (Phi) is 2.49. The number of aliphatic hydroxyl groups is 1. The number of β-amino-alcohol motifs (C(OH)–C–C–N with tert-alkyl or cyclic N) is 1. The molecule has 3 N–H and O–H groups in total. The van der Waals surface area contributed by atoms with Gasteiger partial charge in [0.25, 0.3) is 0 Å². The lowest BCUT2D eigenvalue weighted by Crippen LogP contribution is -2.47. The van der Waals surface area contributed by atoms with Gasteiger partial charge in [-0.25, -0.2) is 0 Å². The van der Waals surface area contributed by atoms with Crippen molar-refractivity contribution in [1.29, 1.82) is 0 Å². The molecule has 0 bridgehead atoms. The highest BCUT2D eigenvalue weighted by Gasteiger charge is 2.50. The van der Waals surface area contributed by atoms with E-state index in [9.17, 15) is 9.90 Å². The second-order valence-electron chi connectivity index (χ2n) is 4.53. The lowest BCUT2D eigenvalue weighted by molar-refractivity contribution is -0.139. The van der Waals surface area contributed by atoms with E-state index in [0.717, 1.165) is 32.2 Å². The fourth-order valence-electron chi connectivity index (χ4n) is 2.13. The standard InChI is InChI=1S/C10H18N2O2/c11-7-10(3-4-10)9(14)12-5-1-2-8(13)6-12/h8,13H,1-7,11H2. The van der Waals surface area contributed by atoms with Gasteiger partial charge in [-0.3, -0.25) is 4.79 Å². The number of aliphatic hydroxyl groups excluding tert-OH is 1. The van der Waals surface area contributed by atoms with Gasteiger partial charge in [-0.1, -0.05) is 0 Å². The SMILES string of the molecule is NCC1(C(=O)N2CCCC(O)C2)CC1. The van der Waals surface area contributed by atoms with Gasteiger partial charge in [0.2, 0.25) is 5.91 Å². The van der Waals surface area contributed by atoms with Crippen LogP contribution in [-0.2, 0) is 4.79 Å². The summed E-state index contributed by atoms with van der Waals surface area (Å²) in [5.41, 5.74) is 5.35. The molecule has 1 saturated heterocycles. The summed E-state index contributed by atoms with van der Waals surface area (Å²) in [5, 5.41) is 9.46. The van der Waals surface area contributed by atoms with E-state index in [0.29, 0.717) is 13.1 Å². The molecular formula is C10H18N2O2. The van der Waals surface area contributed by atoms with E-state index >= 15 is 0 Å². The van der Waals surface area contributed by atoms with E-state index in [1.54, 1.807) is 4.90 Å². The molecule has 80 valence electrons. The molecule has 1 atom stereocenters. The normalized spacial score (nSPS) is 30.1. The van der Waals surface area contributed by atoms with Crippen LogP contribution in [0.15, 0.2) is 0 Å². The van der Waals surface area contributed by atoms with Crippen LogP contribution in [0.1, 0.15) is 25.7 Å². The quantitative estimate of drug-likeness (QED) is 0.640. The van der Waals surface area contributed by atoms with Crippen LogP contribution in [0.3, 0.4) is 0 Å². The molecule has 0 aromatic carbocycles. The molecule has 1 unspecified atom stereocenters. The average molecular weight is 198 g/mol. The molecule has 0 aromatic heterocycles. The highest BCUT2D eigenvalue weighted by molar-refractivity contribution is 5.85. The molecule has 2 rings (SSSR count). The van der Waals surface area contributed by atoms with Crippen molar-refractivity contribution in [1.82, 2.24) is 4.90 Å². The third-order valence-corrected chi connectivity index (χ3v) is 3.38. The number of piperidine rings is 1. The minimum atomic E-state index is -0.332. The fourth-order valence-corrected chi connectivity index (χ4v) is 2.13. The number of likely N-dealkylation sites (tertiary alicyclic amines) is 1. The van der Waals surface area contributed by atoms with Crippen LogP contribution in [0.2, 0.25) is 0 Å². The summed E-state index contributed by atoms with van der Waals surface area (Å²) in [7, 11) is 0. The van der Waals surface area contributed by atoms with Gasteiger partial charge in [-0.2, -0.15) is 0 Å². The van der Waals surface area contributed by atoms with Crippen LogP contribution >= 0.6 is 0 Å². The Balaban J connectivity index is 1.97. The zero-order valence-corrected chi connectivity index (χ0v) is 8.41. The van der Waals surface area contributed by atoms with E-state index in [-0.39, 0.29) is 17.4 Å². The van der Waals surface area contributed by atoms with E-state index in [2.05, 4.69) is 0 Å². The van der Waals surface area contributed by atoms with E-state index in [1.165, 1.54) is 0 Å². The largest absolute Gasteiger partial charge is 0.391 e. The Morgan fingerprint density at radius 3 is 2.79 bits per heavy atom. The number of hydrogen-bond acceptors (Lipinski definition) is 3. The predicted octanol–water partition coefficient (Wildman–Crippen LogP) is -0.291. The van der Waals surface area contributed by atoms with Crippen LogP contribution in [0.4, 0.5) is 0 Å². The van der Waals surface area contributed by atoms with Crippen molar-refractivity contribution in [2.45, 2.75) is 31.8 Å². The van der Waals surface area contributed by atoms with Crippen molar-refractivity contribution in [3.05, 3.63) is 0 Å². The van der Waals surface area contributed by atoms with E-state index in [4.69, 9.17) is 5.73 Å². The number of carbonyl (C=O) groups is 1. The van der Waals surface area contributed by atoms with Crippen LogP contribution in [0, 0.1) is 5.41 Å². The molecule has 0 radical (unpaired) electrons. The first-order valence-corrected chi connectivity index (χ1v) is 5.35. The molecule has 1 saturated carbocycles. The Hall–Kier alpha value is -0.610. The van der Waals surface area contributed by atoms with Gasteiger partial charge in [-0.15, -0.1) is 0 Å². The van der Waals surface area contributed by atoms with Crippen molar-refractivity contribution in [2.75, 3.05) is 19.6 Å². The molecule has 1 heterocycles. The van der Waals surface area contributed by atoms with Gasteiger partial charge in [0.1, 0.15) is 0 Å². The second-order valence-corrected chi connectivity index (χ2v) is 4.53. The summed E-state index contributed by atoms with van der Waals surface area (Å²) >= 11 is 0. The van der Waals surface area contributed by atoms with E-state index in [1.807, 2.05) is 0 Å². The first-order valence-electron chi connectivity index (χ1n) is 5.35. The third-order valence-electron chi connectivity index (χ3n) is 3.38. The highest BCUT2D eigenvalue weighted by Crippen LogP contribution is 2.46. The summed E-state index contributed by atoms with van der Waals surface area (Å²) in [6.45, 7) is 1.75. The minimum Gasteiger partial charge on any atom is -0.391 e. The molecule has 1 aliphatic heterocycles. The Labute approximate surface area is 84.1 Å². The molecule has 4 nitrogen and oxygen atoms in total. The molecule has 0 aromatic rings. The number of nitrogens with zero attached hydrogens (tertiary/aromatic N) is 1. The zero-order chi connectivity index (χ0) is 10.2. The first-order chi connectivity index (χ1) is 6.68. The van der Waals surface area contributed by atoms with E-state index < -0.39 is 0 Å². The van der Waals surface area contributed by atoms with Crippen molar-refractivity contribution in [2.24, 2.45) is 11.1 Å². The maximum atomic E-state index is 12.0. The molecule has 2 aliphatic rings. The molecule has 2 fully saturated rings. The predicted molar refractivity (Wildman–Crippen MR) is 52.5 cm³/mol. The van der Waals surface area contributed by atoms with Crippen LogP contribution in [-0.4, -0.2) is 41.7 Å². The lowest BCUT2D eigenvalue weighted by atomic mass is 10.0. The first kappa shape index (κ1) is 9.93. The molecule has 14 heavy (non-hydrogen) atoms. The topological polar surface area (TPSA) is 66.6 Å². The van der Waals surface area contributed by atoms with Crippen molar-refractivity contribution >= 4 is 5.91 Å². The smallest absolute Gasteiger partial charge is 0.230 e. The maximum Gasteiger partial charge on any atom is 0.230 e. The summed E-state index contributed by atoms with van der Waals surface area (Å²) in [6, 6.07) is 0. The summed E-state index contributed by atoms with van der Waals surface area (Å²) in [4.78, 5) is 13.8. The minimum absolute atomic E-state index is 0.166. The fraction of sp³-hybridized carbons (Fsp3) is 0.900. The lowest BCUT2D eigenvalue weighted by Gasteiger charge is -2.32. The molecular weight excluding hydrogens is 180 g/mol. The van der Waals surface area contributed by atoms with Gasteiger partial charge >= 0.3 is 0 Å². The average Bonchev–Trinajstić information content (AvgIpc) is 2.97.